The van der Waals surface area contributed by atoms with Crippen molar-refractivity contribution in [2.24, 2.45) is 7.05 Å². The lowest BCUT2D eigenvalue weighted by atomic mass is 10.4. The molecule has 0 bridgehead atoms. The first-order chi connectivity index (χ1) is 7.69. The van der Waals surface area contributed by atoms with E-state index in [1.807, 2.05) is 20.9 Å². The van der Waals surface area contributed by atoms with E-state index in [0.717, 1.165) is 18.9 Å². The Morgan fingerprint density at radius 1 is 1.50 bits per heavy atom. The molecule has 0 spiro atoms. The van der Waals surface area contributed by atoms with Crippen LogP contribution in [0.2, 0.25) is 0 Å². The SMILES string of the molecule is CCN(CC)C(=O)CNCc1ncnn1C. The molecule has 16 heavy (non-hydrogen) atoms. The van der Waals surface area contributed by atoms with Crippen molar-refractivity contribution in [2.45, 2.75) is 20.4 Å². The lowest BCUT2D eigenvalue weighted by Gasteiger charge is -2.18. The van der Waals surface area contributed by atoms with E-state index in [1.165, 1.54) is 6.33 Å². The van der Waals surface area contributed by atoms with E-state index in [4.69, 9.17) is 0 Å². The van der Waals surface area contributed by atoms with Gasteiger partial charge in [0.25, 0.3) is 0 Å². The molecule has 1 N–H and O–H groups in total. The summed E-state index contributed by atoms with van der Waals surface area (Å²) in [4.78, 5) is 17.5. The van der Waals surface area contributed by atoms with E-state index < -0.39 is 0 Å². The maximum absolute atomic E-state index is 11.6. The molecule has 1 heterocycles. The van der Waals surface area contributed by atoms with Crippen LogP contribution in [0.15, 0.2) is 6.33 Å². The van der Waals surface area contributed by atoms with Gasteiger partial charge in [0.15, 0.2) is 0 Å². The third kappa shape index (κ3) is 3.30. The van der Waals surface area contributed by atoms with Crippen LogP contribution in [0.4, 0.5) is 0 Å². The second-order valence-corrected chi connectivity index (χ2v) is 3.47. The van der Waals surface area contributed by atoms with Gasteiger partial charge in [0, 0.05) is 20.1 Å². The molecule has 1 aromatic rings. The minimum atomic E-state index is 0.118. The van der Waals surface area contributed by atoms with Gasteiger partial charge >= 0.3 is 0 Å². The molecular formula is C10H19N5O. The predicted octanol–water partition coefficient (Wildman–Crippen LogP) is -0.227. The molecule has 1 aromatic heterocycles. The molecule has 1 amide bonds. The number of hydrogen-bond acceptors (Lipinski definition) is 4. The summed E-state index contributed by atoms with van der Waals surface area (Å²) in [5.41, 5.74) is 0. The standard InChI is InChI=1S/C10H19N5O/c1-4-15(5-2)10(16)7-11-6-9-12-8-13-14(9)3/h8,11H,4-7H2,1-3H3. The topological polar surface area (TPSA) is 63.1 Å². The Bertz CT molecular complexity index is 332. The van der Waals surface area contributed by atoms with Gasteiger partial charge in [-0.2, -0.15) is 5.10 Å². The number of rotatable bonds is 6. The van der Waals surface area contributed by atoms with Crippen molar-refractivity contribution in [3.63, 3.8) is 0 Å². The van der Waals surface area contributed by atoms with Crippen LogP contribution in [0.1, 0.15) is 19.7 Å². The molecule has 0 aromatic carbocycles. The van der Waals surface area contributed by atoms with E-state index in [1.54, 1.807) is 9.58 Å². The van der Waals surface area contributed by atoms with Crippen LogP contribution >= 0.6 is 0 Å². The van der Waals surface area contributed by atoms with Gasteiger partial charge in [-0.3, -0.25) is 9.48 Å². The molecule has 6 heteroatoms. The Morgan fingerprint density at radius 3 is 2.69 bits per heavy atom. The van der Waals surface area contributed by atoms with Gasteiger partial charge in [0.2, 0.25) is 5.91 Å². The summed E-state index contributed by atoms with van der Waals surface area (Å²) in [7, 11) is 1.83. The Kier molecular flexibility index (Phi) is 4.91. The Morgan fingerprint density at radius 2 is 2.19 bits per heavy atom. The number of aromatic nitrogens is 3. The van der Waals surface area contributed by atoms with E-state index in [9.17, 15) is 4.79 Å². The van der Waals surface area contributed by atoms with Crippen LogP contribution in [-0.4, -0.2) is 45.2 Å². The van der Waals surface area contributed by atoms with E-state index in [2.05, 4.69) is 15.4 Å². The van der Waals surface area contributed by atoms with E-state index in [0.29, 0.717) is 13.1 Å². The van der Waals surface area contributed by atoms with Gasteiger partial charge in [0.05, 0.1) is 13.1 Å². The lowest BCUT2D eigenvalue weighted by Crippen LogP contribution is -2.37. The summed E-state index contributed by atoms with van der Waals surface area (Å²) < 4.78 is 1.69. The average molecular weight is 225 g/mol. The second kappa shape index (κ2) is 6.22. The van der Waals surface area contributed by atoms with Crippen LogP contribution in [-0.2, 0) is 18.4 Å². The van der Waals surface area contributed by atoms with Gasteiger partial charge in [-0.05, 0) is 13.8 Å². The number of hydrogen-bond donors (Lipinski definition) is 1. The third-order valence-electron chi connectivity index (χ3n) is 2.48. The third-order valence-corrected chi connectivity index (χ3v) is 2.48. The molecule has 0 atom stereocenters. The number of likely N-dealkylation sites (N-methyl/N-ethyl adjacent to an activating group) is 1. The first-order valence-electron chi connectivity index (χ1n) is 5.50. The summed E-state index contributed by atoms with van der Waals surface area (Å²) in [6, 6.07) is 0. The number of nitrogens with one attached hydrogen (secondary N) is 1. The van der Waals surface area contributed by atoms with Gasteiger partial charge in [-0.1, -0.05) is 0 Å². The van der Waals surface area contributed by atoms with Crippen molar-refractivity contribution in [3.8, 4) is 0 Å². The predicted molar refractivity (Wildman–Crippen MR) is 60.6 cm³/mol. The minimum Gasteiger partial charge on any atom is -0.342 e. The molecule has 1 rings (SSSR count). The molecule has 90 valence electrons. The molecular weight excluding hydrogens is 206 g/mol. The second-order valence-electron chi connectivity index (χ2n) is 3.47. The van der Waals surface area contributed by atoms with Gasteiger partial charge in [-0.15, -0.1) is 0 Å². The van der Waals surface area contributed by atoms with E-state index >= 15 is 0 Å². The highest BCUT2D eigenvalue weighted by molar-refractivity contribution is 5.78. The van der Waals surface area contributed by atoms with Gasteiger partial charge in [0.1, 0.15) is 12.2 Å². The zero-order valence-corrected chi connectivity index (χ0v) is 10.1. The van der Waals surface area contributed by atoms with Gasteiger partial charge < -0.3 is 10.2 Å². The highest BCUT2D eigenvalue weighted by Gasteiger charge is 2.08. The quantitative estimate of drug-likeness (QED) is 0.726. The van der Waals surface area contributed by atoms with Crippen LogP contribution in [0.25, 0.3) is 0 Å². The van der Waals surface area contributed by atoms with Crippen LogP contribution in [0, 0.1) is 0 Å². The molecule has 0 aliphatic heterocycles. The van der Waals surface area contributed by atoms with E-state index in [-0.39, 0.29) is 5.91 Å². The summed E-state index contributed by atoms with van der Waals surface area (Å²) >= 11 is 0. The number of amides is 1. The normalized spacial score (nSPS) is 10.4. The summed E-state index contributed by atoms with van der Waals surface area (Å²) in [5.74, 6) is 0.944. The number of carbonyl (C=O) groups excluding carboxylic acids is 1. The minimum absolute atomic E-state index is 0.118. The molecule has 0 aliphatic rings. The first-order valence-corrected chi connectivity index (χ1v) is 5.50. The van der Waals surface area contributed by atoms with Crippen molar-refractivity contribution in [1.29, 1.82) is 0 Å². The maximum atomic E-state index is 11.6. The molecule has 6 nitrogen and oxygen atoms in total. The summed E-state index contributed by atoms with van der Waals surface area (Å²) in [5, 5.41) is 7.02. The lowest BCUT2D eigenvalue weighted by molar-refractivity contribution is -0.129. The molecule has 0 unspecified atom stereocenters. The monoisotopic (exact) mass is 225 g/mol. The summed E-state index contributed by atoms with van der Waals surface area (Å²) in [6.45, 7) is 6.36. The van der Waals surface area contributed by atoms with Crippen LogP contribution in [0.5, 0.6) is 0 Å². The van der Waals surface area contributed by atoms with Crippen molar-refractivity contribution in [1.82, 2.24) is 25.0 Å². The molecule has 0 radical (unpaired) electrons. The largest absolute Gasteiger partial charge is 0.342 e. The average Bonchev–Trinajstić information content (AvgIpc) is 2.66. The highest BCUT2D eigenvalue weighted by atomic mass is 16.2. The Labute approximate surface area is 95.6 Å². The number of carbonyl (C=O) groups is 1. The number of aryl methyl sites for hydroxylation is 1. The van der Waals surface area contributed by atoms with Crippen molar-refractivity contribution >= 4 is 5.91 Å². The fraction of sp³-hybridized carbons (Fsp3) is 0.700. The molecule has 0 saturated heterocycles. The Hall–Kier alpha value is -1.43. The van der Waals surface area contributed by atoms with Crippen molar-refractivity contribution in [2.75, 3.05) is 19.6 Å². The zero-order chi connectivity index (χ0) is 12.0. The van der Waals surface area contributed by atoms with Crippen molar-refractivity contribution < 1.29 is 4.79 Å². The highest BCUT2D eigenvalue weighted by Crippen LogP contribution is 1.91. The van der Waals surface area contributed by atoms with Crippen molar-refractivity contribution in [3.05, 3.63) is 12.2 Å². The van der Waals surface area contributed by atoms with Crippen LogP contribution < -0.4 is 5.32 Å². The first kappa shape index (κ1) is 12.6. The van der Waals surface area contributed by atoms with Crippen LogP contribution in [0.3, 0.4) is 0 Å². The Balaban J connectivity index is 2.30. The molecule has 0 saturated carbocycles. The maximum Gasteiger partial charge on any atom is 0.236 e. The zero-order valence-electron chi connectivity index (χ0n) is 10.1. The smallest absolute Gasteiger partial charge is 0.236 e. The van der Waals surface area contributed by atoms with Gasteiger partial charge in [-0.25, -0.2) is 4.98 Å². The fourth-order valence-corrected chi connectivity index (χ4v) is 1.45. The molecule has 0 aliphatic carbocycles. The molecule has 0 fully saturated rings. The fourth-order valence-electron chi connectivity index (χ4n) is 1.45. The summed E-state index contributed by atoms with van der Waals surface area (Å²) in [6.07, 6.45) is 1.50. The number of nitrogens with zero attached hydrogens (tertiary/aromatic N) is 4.